The van der Waals surface area contributed by atoms with Gasteiger partial charge in [-0.15, -0.1) is 0 Å². The van der Waals surface area contributed by atoms with E-state index in [1.165, 1.54) is 11.1 Å². The average Bonchev–Trinajstić information content (AvgIpc) is 3.45. The molecule has 2 atom stereocenters. The number of nitrogens with zero attached hydrogens (tertiary/aromatic N) is 4. The summed E-state index contributed by atoms with van der Waals surface area (Å²) in [5.74, 6) is 0.846. The van der Waals surface area contributed by atoms with E-state index in [0.29, 0.717) is 6.04 Å². The number of benzene rings is 2. The van der Waals surface area contributed by atoms with Crippen molar-refractivity contribution in [1.82, 2.24) is 15.1 Å². The molecule has 0 radical (unpaired) electrons. The number of aliphatic imine (C=N–C) groups is 1. The summed E-state index contributed by atoms with van der Waals surface area (Å²) in [5, 5.41) is 3.30. The van der Waals surface area contributed by atoms with Crippen molar-refractivity contribution < 1.29 is 9.53 Å². The summed E-state index contributed by atoms with van der Waals surface area (Å²) in [5.41, 5.74) is 3.60. The predicted octanol–water partition coefficient (Wildman–Crippen LogP) is 1.74. The van der Waals surface area contributed by atoms with Crippen molar-refractivity contribution in [3.63, 3.8) is 0 Å². The van der Waals surface area contributed by atoms with E-state index < -0.39 is 0 Å². The van der Waals surface area contributed by atoms with Crippen LogP contribution in [0.2, 0.25) is 0 Å². The highest BCUT2D eigenvalue weighted by molar-refractivity contribution is 5.98. The summed E-state index contributed by atoms with van der Waals surface area (Å²) in [6.45, 7) is 5.23. The Morgan fingerprint density at radius 3 is 2.75 bits per heavy atom. The molecule has 32 heavy (non-hydrogen) atoms. The third kappa shape index (κ3) is 4.23. The number of nitrogens with one attached hydrogen (secondary N) is 1. The van der Waals surface area contributed by atoms with Gasteiger partial charge < -0.3 is 19.9 Å². The van der Waals surface area contributed by atoms with Crippen molar-refractivity contribution in [2.75, 3.05) is 51.3 Å². The summed E-state index contributed by atoms with van der Waals surface area (Å²) >= 11 is 0. The fourth-order valence-corrected chi connectivity index (χ4v) is 5.13. The predicted molar refractivity (Wildman–Crippen MR) is 126 cm³/mol. The molecule has 0 bridgehead atoms. The van der Waals surface area contributed by atoms with Crippen LogP contribution >= 0.6 is 0 Å². The summed E-state index contributed by atoms with van der Waals surface area (Å²) in [6.07, 6.45) is 1.08. The first-order chi connectivity index (χ1) is 15.7. The first-order valence-electron chi connectivity index (χ1n) is 11.5. The van der Waals surface area contributed by atoms with E-state index >= 15 is 0 Å². The second kappa shape index (κ2) is 9.30. The number of morpholine rings is 1. The van der Waals surface area contributed by atoms with E-state index in [9.17, 15) is 4.79 Å². The minimum Gasteiger partial charge on any atom is -0.373 e. The van der Waals surface area contributed by atoms with Gasteiger partial charge in [0.2, 0.25) is 5.91 Å². The molecular weight excluding hydrogens is 402 g/mol. The Morgan fingerprint density at radius 2 is 1.91 bits per heavy atom. The molecular formula is C25H31N5O2. The van der Waals surface area contributed by atoms with Crippen LogP contribution in [0.3, 0.4) is 0 Å². The van der Waals surface area contributed by atoms with Crippen molar-refractivity contribution in [2.45, 2.75) is 25.1 Å². The van der Waals surface area contributed by atoms with Gasteiger partial charge in [-0.05, 0) is 23.6 Å². The van der Waals surface area contributed by atoms with Gasteiger partial charge in [0.05, 0.1) is 25.3 Å². The third-order valence-corrected chi connectivity index (χ3v) is 6.74. The molecule has 1 amide bonds. The zero-order valence-electron chi connectivity index (χ0n) is 18.6. The standard InChI is InChI=1S/C25H31N5O2/c1-26-25(27-15-24(31)30-12-11-20-9-5-6-10-21(20)30)29-17-22-23(18-29)32-14-13-28(22)16-19-7-3-2-4-8-19/h2-10,22-23H,11-18H2,1H3,(H,26,27). The van der Waals surface area contributed by atoms with Crippen molar-refractivity contribution >= 4 is 17.6 Å². The Morgan fingerprint density at radius 1 is 1.09 bits per heavy atom. The fraction of sp³-hybridized carbons (Fsp3) is 0.440. The van der Waals surface area contributed by atoms with Crippen LogP contribution in [0, 0.1) is 0 Å². The maximum atomic E-state index is 12.9. The van der Waals surface area contributed by atoms with E-state index in [-0.39, 0.29) is 18.6 Å². The highest BCUT2D eigenvalue weighted by Gasteiger charge is 2.41. The van der Waals surface area contributed by atoms with Crippen LogP contribution in [-0.2, 0) is 22.5 Å². The SMILES string of the molecule is CN=C(NCC(=O)N1CCc2ccccc21)N1CC2OCCN(Cc3ccccc3)C2C1. The number of hydrogen-bond donors (Lipinski definition) is 1. The number of carbonyl (C=O) groups is 1. The second-order valence-corrected chi connectivity index (χ2v) is 8.66. The molecule has 1 N–H and O–H groups in total. The minimum absolute atomic E-state index is 0.0784. The molecule has 5 rings (SSSR count). The Kier molecular flexibility index (Phi) is 6.10. The summed E-state index contributed by atoms with van der Waals surface area (Å²) in [4.78, 5) is 24.0. The van der Waals surface area contributed by atoms with Crippen LogP contribution in [0.4, 0.5) is 5.69 Å². The Hall–Kier alpha value is -2.90. The molecule has 0 saturated carbocycles. The molecule has 3 heterocycles. The first kappa shape index (κ1) is 21.0. The average molecular weight is 434 g/mol. The molecule has 3 aliphatic heterocycles. The van der Waals surface area contributed by atoms with Gasteiger partial charge in [0.15, 0.2) is 5.96 Å². The molecule has 0 aromatic heterocycles. The van der Waals surface area contributed by atoms with E-state index in [2.05, 4.69) is 56.5 Å². The summed E-state index contributed by atoms with van der Waals surface area (Å²) < 4.78 is 6.10. The lowest BCUT2D eigenvalue weighted by Crippen LogP contribution is -2.50. The molecule has 2 aromatic carbocycles. The maximum absolute atomic E-state index is 12.9. The topological polar surface area (TPSA) is 60.4 Å². The molecule has 7 nitrogen and oxygen atoms in total. The second-order valence-electron chi connectivity index (χ2n) is 8.66. The van der Waals surface area contributed by atoms with Crippen LogP contribution in [-0.4, -0.2) is 80.2 Å². The number of ether oxygens (including phenoxy) is 1. The minimum atomic E-state index is 0.0784. The maximum Gasteiger partial charge on any atom is 0.246 e. The van der Waals surface area contributed by atoms with Gasteiger partial charge in [-0.3, -0.25) is 14.7 Å². The Bertz CT molecular complexity index is 979. The Balaban J connectivity index is 1.20. The fourth-order valence-electron chi connectivity index (χ4n) is 5.13. The highest BCUT2D eigenvalue weighted by Crippen LogP contribution is 2.27. The first-order valence-corrected chi connectivity index (χ1v) is 11.5. The number of guanidine groups is 1. The number of anilines is 1. The quantitative estimate of drug-likeness (QED) is 0.588. The number of fused-ring (bicyclic) bond motifs is 2. The van der Waals surface area contributed by atoms with Crippen LogP contribution in [0.15, 0.2) is 59.6 Å². The van der Waals surface area contributed by atoms with Crippen LogP contribution in [0.25, 0.3) is 0 Å². The lowest BCUT2D eigenvalue weighted by Gasteiger charge is -2.36. The van der Waals surface area contributed by atoms with Gasteiger partial charge in [-0.2, -0.15) is 0 Å². The third-order valence-electron chi connectivity index (χ3n) is 6.74. The molecule has 168 valence electrons. The molecule has 0 spiro atoms. The van der Waals surface area contributed by atoms with Gasteiger partial charge in [0.25, 0.3) is 0 Å². The number of likely N-dealkylation sites (tertiary alicyclic amines) is 1. The van der Waals surface area contributed by atoms with Crippen LogP contribution < -0.4 is 10.2 Å². The normalized spacial score (nSPS) is 23.2. The van der Waals surface area contributed by atoms with Gasteiger partial charge >= 0.3 is 0 Å². The molecule has 7 heteroatoms. The van der Waals surface area contributed by atoms with Gasteiger partial charge in [-0.25, -0.2) is 0 Å². The van der Waals surface area contributed by atoms with Crippen molar-refractivity contribution in [3.05, 3.63) is 65.7 Å². The van der Waals surface area contributed by atoms with Gasteiger partial charge in [0, 0.05) is 45.5 Å². The van der Waals surface area contributed by atoms with E-state index in [0.717, 1.165) is 57.4 Å². The monoisotopic (exact) mass is 433 g/mol. The van der Waals surface area contributed by atoms with Crippen molar-refractivity contribution in [1.29, 1.82) is 0 Å². The number of hydrogen-bond acceptors (Lipinski definition) is 4. The van der Waals surface area contributed by atoms with Gasteiger partial charge in [-0.1, -0.05) is 48.5 Å². The smallest absolute Gasteiger partial charge is 0.246 e. The summed E-state index contributed by atoms with van der Waals surface area (Å²) in [6, 6.07) is 19.1. The van der Waals surface area contributed by atoms with Crippen molar-refractivity contribution in [3.8, 4) is 0 Å². The molecule has 2 saturated heterocycles. The molecule has 2 aromatic rings. The molecule has 2 fully saturated rings. The van der Waals surface area contributed by atoms with Gasteiger partial charge in [0.1, 0.15) is 0 Å². The van der Waals surface area contributed by atoms with E-state index in [1.807, 2.05) is 23.1 Å². The van der Waals surface area contributed by atoms with E-state index in [4.69, 9.17) is 4.74 Å². The Labute approximate surface area is 189 Å². The lowest BCUT2D eigenvalue weighted by molar-refractivity contribution is -0.117. The zero-order valence-corrected chi connectivity index (χ0v) is 18.6. The number of rotatable bonds is 4. The lowest BCUT2D eigenvalue weighted by atomic mass is 10.1. The number of para-hydroxylation sites is 1. The van der Waals surface area contributed by atoms with Crippen LogP contribution in [0.5, 0.6) is 0 Å². The van der Waals surface area contributed by atoms with Crippen molar-refractivity contribution in [2.24, 2.45) is 4.99 Å². The number of carbonyl (C=O) groups excluding carboxylic acids is 1. The van der Waals surface area contributed by atoms with E-state index in [1.54, 1.807) is 7.05 Å². The van der Waals surface area contributed by atoms with Crippen LogP contribution in [0.1, 0.15) is 11.1 Å². The number of amides is 1. The largest absolute Gasteiger partial charge is 0.373 e. The molecule has 0 aliphatic carbocycles. The zero-order chi connectivity index (χ0) is 21.9. The highest BCUT2D eigenvalue weighted by atomic mass is 16.5. The molecule has 2 unspecified atom stereocenters. The molecule has 3 aliphatic rings. The summed E-state index contributed by atoms with van der Waals surface area (Å²) in [7, 11) is 1.78.